The molecule has 162 valence electrons. The van der Waals surface area contributed by atoms with Crippen LogP contribution in [0, 0.1) is 0 Å². The van der Waals surface area contributed by atoms with Crippen molar-refractivity contribution in [2.24, 2.45) is 7.05 Å². The predicted molar refractivity (Wildman–Crippen MR) is 122 cm³/mol. The summed E-state index contributed by atoms with van der Waals surface area (Å²) in [6.07, 6.45) is 8.16. The van der Waals surface area contributed by atoms with E-state index >= 15 is 0 Å². The minimum Gasteiger partial charge on any atom is -0.395 e. The molecule has 1 aliphatic rings. The van der Waals surface area contributed by atoms with Crippen LogP contribution >= 0.6 is 0 Å². The van der Waals surface area contributed by atoms with Crippen LogP contribution in [0.4, 0.5) is 0 Å². The van der Waals surface area contributed by atoms with Crippen molar-refractivity contribution in [2.75, 3.05) is 19.7 Å². The standard InChI is InChI=1S/C25H29N3O3/c1-27-17-20(21-4-2-3-5-23(21)27)12-13-28(14-15-29)24-10-8-19-16-18(6-9-22(19)24)7-11-25(30)26-31/h2-7,9,11,16-17,24,29,31H,8,10,12-15H2,1H3,(H,26,30)/b11-7+. The molecule has 6 heteroatoms. The number of aryl methyl sites for hydroxylation is 2. The Balaban J connectivity index is 1.51. The maximum absolute atomic E-state index is 11.2. The summed E-state index contributed by atoms with van der Waals surface area (Å²) in [5.41, 5.74) is 7.71. The summed E-state index contributed by atoms with van der Waals surface area (Å²) < 4.78 is 2.18. The fraction of sp³-hybridized carbons (Fsp3) is 0.320. The van der Waals surface area contributed by atoms with Gasteiger partial charge >= 0.3 is 0 Å². The van der Waals surface area contributed by atoms with Crippen LogP contribution in [0.25, 0.3) is 17.0 Å². The van der Waals surface area contributed by atoms with Gasteiger partial charge in [-0.2, -0.15) is 0 Å². The minimum absolute atomic E-state index is 0.137. The number of aromatic nitrogens is 1. The Kier molecular flexibility index (Phi) is 6.51. The summed E-state index contributed by atoms with van der Waals surface area (Å²) >= 11 is 0. The average molecular weight is 420 g/mol. The van der Waals surface area contributed by atoms with Crippen LogP contribution in [-0.4, -0.2) is 45.4 Å². The lowest BCUT2D eigenvalue weighted by atomic mass is 10.0. The van der Waals surface area contributed by atoms with E-state index in [1.54, 1.807) is 11.6 Å². The Labute approximate surface area is 182 Å². The summed E-state index contributed by atoms with van der Waals surface area (Å²) in [5, 5.41) is 19.6. The number of aliphatic hydroxyl groups is 1. The molecule has 1 aliphatic carbocycles. The van der Waals surface area contributed by atoms with Crippen molar-refractivity contribution in [1.82, 2.24) is 14.9 Å². The van der Waals surface area contributed by atoms with Crippen LogP contribution in [0.5, 0.6) is 0 Å². The Morgan fingerprint density at radius 3 is 2.90 bits per heavy atom. The fourth-order valence-corrected chi connectivity index (χ4v) is 4.75. The normalized spacial score (nSPS) is 15.8. The van der Waals surface area contributed by atoms with Gasteiger partial charge < -0.3 is 9.67 Å². The molecule has 3 N–H and O–H groups in total. The topological polar surface area (TPSA) is 77.7 Å². The molecule has 0 radical (unpaired) electrons. The van der Waals surface area contributed by atoms with E-state index in [4.69, 9.17) is 5.21 Å². The van der Waals surface area contributed by atoms with Crippen LogP contribution in [0.1, 0.15) is 34.7 Å². The highest BCUT2D eigenvalue weighted by molar-refractivity contribution is 5.90. The molecule has 0 bridgehead atoms. The largest absolute Gasteiger partial charge is 0.395 e. The third-order valence-corrected chi connectivity index (χ3v) is 6.23. The summed E-state index contributed by atoms with van der Waals surface area (Å²) in [4.78, 5) is 13.6. The number of carbonyl (C=O) groups is 1. The molecular formula is C25H29N3O3. The van der Waals surface area contributed by atoms with E-state index in [0.717, 1.165) is 31.4 Å². The highest BCUT2D eigenvalue weighted by atomic mass is 16.5. The van der Waals surface area contributed by atoms with E-state index in [2.05, 4.69) is 59.1 Å². The van der Waals surface area contributed by atoms with Gasteiger partial charge in [0.05, 0.1) is 6.61 Å². The lowest BCUT2D eigenvalue weighted by molar-refractivity contribution is -0.124. The quantitative estimate of drug-likeness (QED) is 0.298. The number of nitrogens with zero attached hydrogens (tertiary/aromatic N) is 2. The van der Waals surface area contributed by atoms with Crippen LogP contribution in [0.15, 0.2) is 54.7 Å². The van der Waals surface area contributed by atoms with Gasteiger partial charge in [-0.25, -0.2) is 5.48 Å². The van der Waals surface area contributed by atoms with Crippen molar-refractivity contribution in [3.05, 3.63) is 77.0 Å². The zero-order chi connectivity index (χ0) is 21.8. The zero-order valence-corrected chi connectivity index (χ0v) is 17.8. The average Bonchev–Trinajstić information content (AvgIpc) is 3.36. The van der Waals surface area contributed by atoms with Gasteiger partial charge in [-0.3, -0.25) is 14.9 Å². The monoisotopic (exact) mass is 419 g/mol. The van der Waals surface area contributed by atoms with Gasteiger partial charge in [-0.1, -0.05) is 36.4 Å². The molecule has 4 rings (SSSR count). The van der Waals surface area contributed by atoms with Gasteiger partial charge in [0, 0.05) is 49.4 Å². The summed E-state index contributed by atoms with van der Waals surface area (Å²) in [6.45, 7) is 1.67. The first-order valence-electron chi connectivity index (χ1n) is 10.7. The van der Waals surface area contributed by atoms with E-state index in [-0.39, 0.29) is 12.6 Å². The third-order valence-electron chi connectivity index (χ3n) is 6.23. The number of carbonyl (C=O) groups excluding carboxylic acids is 1. The van der Waals surface area contributed by atoms with Crippen LogP contribution < -0.4 is 5.48 Å². The molecule has 3 aromatic rings. The molecule has 1 unspecified atom stereocenters. The highest BCUT2D eigenvalue weighted by Gasteiger charge is 2.27. The zero-order valence-electron chi connectivity index (χ0n) is 17.8. The second-order valence-electron chi connectivity index (χ2n) is 8.11. The molecule has 2 aromatic carbocycles. The molecule has 0 aliphatic heterocycles. The van der Waals surface area contributed by atoms with Gasteiger partial charge in [0.15, 0.2) is 0 Å². The van der Waals surface area contributed by atoms with E-state index < -0.39 is 5.91 Å². The number of fused-ring (bicyclic) bond motifs is 2. The van der Waals surface area contributed by atoms with Crippen molar-refractivity contribution in [1.29, 1.82) is 0 Å². The Hall–Kier alpha value is -2.93. The first-order valence-corrected chi connectivity index (χ1v) is 10.7. The SMILES string of the molecule is Cn1cc(CCN(CCO)C2CCc3cc(/C=C/C(=O)NO)ccc32)c2ccccc21. The van der Waals surface area contributed by atoms with Gasteiger partial charge in [0.2, 0.25) is 0 Å². The van der Waals surface area contributed by atoms with E-state index in [9.17, 15) is 9.90 Å². The van der Waals surface area contributed by atoms with E-state index in [1.165, 1.54) is 33.7 Å². The molecule has 0 spiro atoms. The Morgan fingerprint density at radius 1 is 1.26 bits per heavy atom. The number of rotatable bonds is 8. The minimum atomic E-state index is -0.541. The highest BCUT2D eigenvalue weighted by Crippen LogP contribution is 2.36. The molecule has 0 fully saturated rings. The van der Waals surface area contributed by atoms with Crippen LogP contribution in [0.2, 0.25) is 0 Å². The summed E-state index contributed by atoms with van der Waals surface area (Å²) in [6, 6.07) is 15.0. The number of para-hydroxylation sites is 1. The second-order valence-corrected chi connectivity index (χ2v) is 8.11. The molecule has 6 nitrogen and oxygen atoms in total. The van der Waals surface area contributed by atoms with Crippen molar-refractivity contribution in [3.8, 4) is 0 Å². The number of hydroxylamine groups is 1. The number of aliphatic hydroxyl groups excluding tert-OH is 1. The van der Waals surface area contributed by atoms with Crippen molar-refractivity contribution in [2.45, 2.75) is 25.3 Å². The van der Waals surface area contributed by atoms with Gasteiger partial charge in [0.1, 0.15) is 0 Å². The molecular weight excluding hydrogens is 390 g/mol. The van der Waals surface area contributed by atoms with Gasteiger partial charge in [-0.05, 0) is 53.7 Å². The maximum Gasteiger partial charge on any atom is 0.267 e. The first kappa shape index (κ1) is 21.3. The van der Waals surface area contributed by atoms with Gasteiger partial charge in [0.25, 0.3) is 5.91 Å². The predicted octanol–water partition coefficient (Wildman–Crippen LogP) is 3.22. The van der Waals surface area contributed by atoms with Crippen molar-refractivity contribution in [3.63, 3.8) is 0 Å². The maximum atomic E-state index is 11.2. The molecule has 1 aromatic heterocycles. The Bertz CT molecular complexity index is 1100. The van der Waals surface area contributed by atoms with Crippen LogP contribution in [0.3, 0.4) is 0 Å². The number of hydrogen-bond acceptors (Lipinski definition) is 4. The number of benzene rings is 2. The number of amides is 1. The van der Waals surface area contributed by atoms with Crippen molar-refractivity contribution >= 4 is 22.9 Å². The van der Waals surface area contributed by atoms with Gasteiger partial charge in [-0.15, -0.1) is 0 Å². The van der Waals surface area contributed by atoms with E-state index in [1.807, 2.05) is 6.07 Å². The van der Waals surface area contributed by atoms with Crippen LogP contribution in [-0.2, 0) is 24.7 Å². The smallest absolute Gasteiger partial charge is 0.267 e. The molecule has 0 saturated carbocycles. The molecule has 1 heterocycles. The van der Waals surface area contributed by atoms with E-state index in [0.29, 0.717) is 6.54 Å². The Morgan fingerprint density at radius 2 is 2.10 bits per heavy atom. The number of nitrogens with one attached hydrogen (secondary N) is 1. The molecule has 0 saturated heterocycles. The van der Waals surface area contributed by atoms with Crippen molar-refractivity contribution < 1.29 is 15.1 Å². The third kappa shape index (κ3) is 4.56. The first-order chi connectivity index (χ1) is 15.1. The molecule has 1 amide bonds. The second kappa shape index (κ2) is 9.47. The molecule has 31 heavy (non-hydrogen) atoms. The lowest BCUT2D eigenvalue weighted by Gasteiger charge is -2.29. The lowest BCUT2D eigenvalue weighted by Crippen LogP contribution is -2.32. The number of hydrogen-bond donors (Lipinski definition) is 3. The molecule has 1 atom stereocenters. The summed E-state index contributed by atoms with van der Waals surface area (Å²) in [5.74, 6) is -0.541. The summed E-state index contributed by atoms with van der Waals surface area (Å²) in [7, 11) is 2.08. The fourth-order valence-electron chi connectivity index (χ4n) is 4.75.